The second-order valence-electron chi connectivity index (χ2n) is 3.80. The van der Waals surface area contributed by atoms with E-state index in [1.165, 1.54) is 13.8 Å². The zero-order valence-corrected chi connectivity index (χ0v) is 8.86. The second-order valence-corrected chi connectivity index (χ2v) is 3.80. The van der Waals surface area contributed by atoms with Crippen molar-refractivity contribution in [3.05, 3.63) is 35.9 Å². The van der Waals surface area contributed by atoms with Gasteiger partial charge in [-0.3, -0.25) is 9.59 Å². The molecule has 1 aromatic rings. The van der Waals surface area contributed by atoms with Crippen molar-refractivity contribution in [2.45, 2.75) is 25.9 Å². The molecule has 80 valence electrons. The maximum Gasteiger partial charge on any atom is 0.166 e. The topological polar surface area (TPSA) is 54.4 Å². The molecule has 3 heteroatoms. The first kappa shape index (κ1) is 11.6. The molecule has 1 aromatic carbocycles. The number of carbonyl (C=O) groups is 2. The fourth-order valence-corrected chi connectivity index (χ4v) is 1.16. The molecule has 1 rings (SSSR count). The molecule has 0 bridgehead atoms. The Morgan fingerprint density at radius 1 is 1.27 bits per heavy atom. The number of hydrogen-bond acceptors (Lipinski definition) is 3. The van der Waals surface area contributed by atoms with Gasteiger partial charge in [-0.1, -0.05) is 30.3 Å². The molecule has 0 aliphatic carbocycles. The van der Waals surface area contributed by atoms with Gasteiger partial charge in [-0.25, -0.2) is 0 Å². The second kappa shape index (κ2) is 4.36. The van der Waals surface area contributed by atoms with E-state index in [0.717, 1.165) is 0 Å². The summed E-state index contributed by atoms with van der Waals surface area (Å²) in [5, 5.41) is 9.65. The summed E-state index contributed by atoms with van der Waals surface area (Å²) in [6, 6.07) is 8.63. The van der Waals surface area contributed by atoms with E-state index < -0.39 is 11.4 Å². The van der Waals surface area contributed by atoms with Gasteiger partial charge in [-0.15, -0.1) is 0 Å². The smallest absolute Gasteiger partial charge is 0.166 e. The predicted molar refractivity (Wildman–Crippen MR) is 56.7 cm³/mol. The third-order valence-electron chi connectivity index (χ3n) is 2.36. The van der Waals surface area contributed by atoms with E-state index in [9.17, 15) is 14.7 Å². The monoisotopic (exact) mass is 206 g/mol. The van der Waals surface area contributed by atoms with Crippen LogP contribution in [0, 0.1) is 0 Å². The van der Waals surface area contributed by atoms with Crippen molar-refractivity contribution >= 4 is 11.6 Å². The number of rotatable bonds is 4. The van der Waals surface area contributed by atoms with Gasteiger partial charge in [-0.2, -0.15) is 0 Å². The van der Waals surface area contributed by atoms with Crippen LogP contribution in [-0.4, -0.2) is 22.3 Å². The maximum absolute atomic E-state index is 11.7. The first-order valence-electron chi connectivity index (χ1n) is 4.75. The van der Waals surface area contributed by atoms with Gasteiger partial charge in [0.1, 0.15) is 5.60 Å². The summed E-state index contributed by atoms with van der Waals surface area (Å²) in [4.78, 5) is 22.7. The van der Waals surface area contributed by atoms with Crippen LogP contribution in [0.5, 0.6) is 0 Å². The van der Waals surface area contributed by atoms with Crippen molar-refractivity contribution in [3.63, 3.8) is 0 Å². The van der Waals surface area contributed by atoms with Gasteiger partial charge in [0, 0.05) is 12.0 Å². The van der Waals surface area contributed by atoms with E-state index in [0.29, 0.717) is 5.56 Å². The molecular formula is C12H14O3. The Bertz CT molecular complexity index is 366. The molecule has 0 fully saturated rings. The lowest BCUT2D eigenvalue weighted by Crippen LogP contribution is -2.35. The van der Waals surface area contributed by atoms with Crippen molar-refractivity contribution in [2.75, 3.05) is 0 Å². The zero-order chi connectivity index (χ0) is 11.5. The summed E-state index contributed by atoms with van der Waals surface area (Å²) in [6.07, 6.45) is -0.174. The average Bonchev–Trinajstić information content (AvgIpc) is 2.18. The van der Waals surface area contributed by atoms with E-state index in [1.54, 1.807) is 30.3 Å². The quantitative estimate of drug-likeness (QED) is 0.761. The van der Waals surface area contributed by atoms with Crippen molar-refractivity contribution in [1.82, 2.24) is 0 Å². The Morgan fingerprint density at radius 3 is 2.27 bits per heavy atom. The summed E-state index contributed by atoms with van der Waals surface area (Å²) in [6.45, 7) is 2.63. The molecule has 15 heavy (non-hydrogen) atoms. The van der Waals surface area contributed by atoms with Gasteiger partial charge < -0.3 is 5.11 Å². The molecule has 3 nitrogen and oxygen atoms in total. The standard InChI is InChI=1S/C12H14O3/c1-9(13)12(2,15)8-11(14)10-6-4-3-5-7-10/h3-7,15H,8H2,1-2H3/t12-/m1/s1. The van der Waals surface area contributed by atoms with Crippen LogP contribution in [0.2, 0.25) is 0 Å². The molecule has 0 aromatic heterocycles. The Kier molecular flexibility index (Phi) is 3.37. The summed E-state index contributed by atoms with van der Waals surface area (Å²) in [5.74, 6) is -0.623. The molecule has 0 aliphatic heterocycles. The lowest BCUT2D eigenvalue weighted by Gasteiger charge is -2.18. The van der Waals surface area contributed by atoms with E-state index >= 15 is 0 Å². The Morgan fingerprint density at radius 2 is 1.80 bits per heavy atom. The predicted octanol–water partition coefficient (Wildman–Crippen LogP) is 1.60. The number of carbonyl (C=O) groups excluding carboxylic acids is 2. The highest BCUT2D eigenvalue weighted by atomic mass is 16.3. The van der Waals surface area contributed by atoms with Crippen LogP contribution in [0.4, 0.5) is 0 Å². The molecule has 1 N–H and O–H groups in total. The highest BCUT2D eigenvalue weighted by Gasteiger charge is 2.29. The molecule has 0 saturated carbocycles. The number of benzene rings is 1. The molecule has 0 radical (unpaired) electrons. The van der Waals surface area contributed by atoms with Gasteiger partial charge in [0.15, 0.2) is 11.6 Å². The first-order valence-corrected chi connectivity index (χ1v) is 4.75. The van der Waals surface area contributed by atoms with Crippen molar-refractivity contribution in [2.24, 2.45) is 0 Å². The number of Topliss-reactive ketones (excluding diaryl/α,β-unsaturated/α-hetero) is 2. The fourth-order valence-electron chi connectivity index (χ4n) is 1.16. The summed E-state index contributed by atoms with van der Waals surface area (Å²) in [7, 11) is 0. The lowest BCUT2D eigenvalue weighted by molar-refractivity contribution is -0.133. The van der Waals surface area contributed by atoms with Gasteiger partial charge >= 0.3 is 0 Å². The molecule has 0 spiro atoms. The molecular weight excluding hydrogens is 192 g/mol. The van der Waals surface area contributed by atoms with Crippen LogP contribution >= 0.6 is 0 Å². The van der Waals surface area contributed by atoms with Crippen LogP contribution < -0.4 is 0 Å². The molecule has 1 atom stereocenters. The highest BCUT2D eigenvalue weighted by molar-refractivity contribution is 6.00. The normalized spacial score (nSPS) is 14.3. The van der Waals surface area contributed by atoms with Crippen LogP contribution in [0.15, 0.2) is 30.3 Å². The van der Waals surface area contributed by atoms with Crippen molar-refractivity contribution in [1.29, 1.82) is 0 Å². The van der Waals surface area contributed by atoms with Crippen LogP contribution in [-0.2, 0) is 4.79 Å². The number of aliphatic hydroxyl groups is 1. The largest absolute Gasteiger partial charge is 0.382 e. The summed E-state index contributed by atoms with van der Waals surface area (Å²) in [5.41, 5.74) is -1.05. The third-order valence-corrected chi connectivity index (χ3v) is 2.36. The fraction of sp³-hybridized carbons (Fsp3) is 0.333. The molecule has 0 saturated heterocycles. The minimum absolute atomic E-state index is 0.174. The van der Waals surface area contributed by atoms with E-state index in [4.69, 9.17) is 0 Å². The van der Waals surface area contributed by atoms with Crippen LogP contribution in [0.1, 0.15) is 30.6 Å². The summed E-state index contributed by atoms with van der Waals surface area (Å²) >= 11 is 0. The van der Waals surface area contributed by atoms with Gasteiger partial charge in [0.05, 0.1) is 0 Å². The lowest BCUT2D eigenvalue weighted by atomic mass is 9.92. The Hall–Kier alpha value is -1.48. The van der Waals surface area contributed by atoms with Gasteiger partial charge in [0.25, 0.3) is 0 Å². The number of ketones is 2. The maximum atomic E-state index is 11.7. The van der Waals surface area contributed by atoms with E-state index in [-0.39, 0.29) is 12.2 Å². The van der Waals surface area contributed by atoms with E-state index in [1.807, 2.05) is 0 Å². The van der Waals surface area contributed by atoms with Crippen LogP contribution in [0.25, 0.3) is 0 Å². The minimum atomic E-state index is -1.56. The Labute approximate surface area is 88.7 Å². The first-order chi connectivity index (χ1) is 6.93. The third kappa shape index (κ3) is 2.99. The summed E-state index contributed by atoms with van der Waals surface area (Å²) < 4.78 is 0. The average molecular weight is 206 g/mol. The Balaban J connectivity index is 2.77. The van der Waals surface area contributed by atoms with Gasteiger partial charge in [0.2, 0.25) is 0 Å². The molecule has 0 amide bonds. The van der Waals surface area contributed by atoms with Crippen LogP contribution in [0.3, 0.4) is 0 Å². The van der Waals surface area contributed by atoms with E-state index in [2.05, 4.69) is 0 Å². The number of hydrogen-bond donors (Lipinski definition) is 1. The zero-order valence-electron chi connectivity index (χ0n) is 8.86. The molecule has 0 heterocycles. The van der Waals surface area contributed by atoms with Crippen molar-refractivity contribution < 1.29 is 14.7 Å². The molecule has 0 unspecified atom stereocenters. The minimum Gasteiger partial charge on any atom is -0.382 e. The molecule has 0 aliphatic rings. The van der Waals surface area contributed by atoms with Gasteiger partial charge in [-0.05, 0) is 13.8 Å². The SMILES string of the molecule is CC(=O)[C@](C)(O)CC(=O)c1ccccc1. The highest BCUT2D eigenvalue weighted by Crippen LogP contribution is 2.14. The van der Waals surface area contributed by atoms with Crippen molar-refractivity contribution in [3.8, 4) is 0 Å².